The first kappa shape index (κ1) is 25.6. The van der Waals surface area contributed by atoms with Crippen molar-refractivity contribution in [2.45, 2.75) is 61.3 Å². The molecule has 2 aromatic rings. The van der Waals surface area contributed by atoms with Crippen molar-refractivity contribution in [1.82, 2.24) is 5.32 Å². The molecule has 0 bridgehead atoms. The molecule has 13 heteroatoms. The van der Waals surface area contributed by atoms with Gasteiger partial charge in [-0.1, -0.05) is 6.07 Å². The quantitative estimate of drug-likeness (QED) is 0.292. The lowest BCUT2D eigenvalue weighted by atomic mass is 9.95. The smallest absolute Gasteiger partial charge is 0.335 e. The van der Waals surface area contributed by atoms with Gasteiger partial charge < -0.3 is 44.7 Å². The third kappa shape index (κ3) is 5.47. The number of aliphatic carboxylic acids is 1. The van der Waals surface area contributed by atoms with Crippen LogP contribution in [0.5, 0.6) is 17.2 Å². The molecular weight excluding hydrogens is 546 g/mol. The normalized spacial score (nSPS) is 27.0. The number of carboxylic acid groups (broad SMARTS) is 1. The average molecular weight is 581 g/mol. The zero-order valence-corrected chi connectivity index (χ0v) is 22.6. The number of aryl methyl sites for hydroxylation is 1. The zero-order valence-electron chi connectivity index (χ0n) is 24.7. The number of ether oxygens (including phenoxy) is 4. The maximum Gasteiger partial charge on any atom is 0.335 e. The number of hydrogen-bond acceptors (Lipinski definition) is 11. The largest absolute Gasteiger partial charge is 0.492 e. The van der Waals surface area contributed by atoms with Crippen molar-refractivity contribution >= 4 is 23.6 Å². The summed E-state index contributed by atoms with van der Waals surface area (Å²) in [6.07, 6.45) is -7.24. The highest BCUT2D eigenvalue weighted by molar-refractivity contribution is 7.98. The van der Waals surface area contributed by atoms with Crippen LogP contribution in [0.3, 0.4) is 0 Å². The van der Waals surface area contributed by atoms with Crippen LogP contribution in [-0.4, -0.2) is 83.5 Å². The fourth-order valence-electron chi connectivity index (χ4n) is 4.99. The van der Waals surface area contributed by atoms with E-state index in [1.807, 2.05) is 0 Å². The SMILES string of the molecule is [2H]C([2H])([2H])C(=O)N[C@@H]1CCc2cc(O[C@@H]3O[C@H](C(=O)O)[C@@H](O)[C@H](O)[C@H]3O)c(OC)c(OC)c2-c2ccc(SC)c(=O)cc21. The van der Waals surface area contributed by atoms with Crippen LogP contribution in [0, 0.1) is 0 Å². The van der Waals surface area contributed by atoms with Crippen LogP contribution in [-0.2, 0) is 20.7 Å². The van der Waals surface area contributed by atoms with Gasteiger partial charge in [0.15, 0.2) is 23.0 Å². The minimum atomic E-state index is -2.93. The van der Waals surface area contributed by atoms with Gasteiger partial charge in [-0.05, 0) is 54.0 Å². The van der Waals surface area contributed by atoms with Crippen molar-refractivity contribution in [3.8, 4) is 28.4 Å². The number of amides is 1. The van der Waals surface area contributed by atoms with Crippen molar-refractivity contribution in [1.29, 1.82) is 0 Å². The van der Waals surface area contributed by atoms with Gasteiger partial charge in [-0.2, -0.15) is 0 Å². The summed E-state index contributed by atoms with van der Waals surface area (Å²) < 4.78 is 45.0. The van der Waals surface area contributed by atoms with Crippen molar-refractivity contribution in [3.05, 3.63) is 45.6 Å². The second-order valence-corrected chi connectivity index (χ2v) is 10.0. The third-order valence-corrected chi connectivity index (χ3v) is 7.64. The number of hydrogen-bond donors (Lipinski definition) is 5. The molecule has 40 heavy (non-hydrogen) atoms. The van der Waals surface area contributed by atoms with E-state index in [9.17, 15) is 34.8 Å². The number of aliphatic hydroxyl groups excluding tert-OH is 3. The number of benzene rings is 1. The van der Waals surface area contributed by atoms with E-state index in [1.54, 1.807) is 18.4 Å². The number of fused-ring (bicyclic) bond motifs is 3. The van der Waals surface area contributed by atoms with Crippen molar-refractivity contribution < 1.29 is 53.1 Å². The van der Waals surface area contributed by atoms with E-state index >= 15 is 0 Å². The van der Waals surface area contributed by atoms with Gasteiger partial charge in [0.1, 0.15) is 18.3 Å². The fraction of sp³-hybridized carbons (Fsp3) is 0.444. The van der Waals surface area contributed by atoms with E-state index in [-0.39, 0.29) is 35.5 Å². The Labute approximate surface area is 238 Å². The Bertz CT molecular complexity index is 1470. The zero-order chi connectivity index (χ0) is 31.8. The predicted octanol–water partition coefficient (Wildman–Crippen LogP) is 0.847. The maximum atomic E-state index is 13.0. The van der Waals surface area contributed by atoms with Gasteiger partial charge in [-0.15, -0.1) is 11.8 Å². The maximum absolute atomic E-state index is 13.0. The number of aliphatic hydroxyl groups is 3. The van der Waals surface area contributed by atoms with Crippen molar-refractivity contribution in [2.24, 2.45) is 0 Å². The summed E-state index contributed by atoms with van der Waals surface area (Å²) in [4.78, 5) is 37.6. The van der Waals surface area contributed by atoms with Crippen LogP contribution < -0.4 is 25.0 Å². The molecule has 1 aliphatic carbocycles. The Morgan fingerprint density at radius 2 is 1.82 bits per heavy atom. The average Bonchev–Trinajstić information content (AvgIpc) is 3.20. The number of thioether (sulfide) groups is 1. The van der Waals surface area contributed by atoms with Crippen molar-refractivity contribution in [2.75, 3.05) is 20.5 Å². The number of carboxylic acids is 1. The molecular formula is C27H31NO11S. The molecule has 6 atom stereocenters. The molecule has 5 N–H and O–H groups in total. The van der Waals surface area contributed by atoms with Gasteiger partial charge >= 0.3 is 5.97 Å². The molecule has 0 saturated carbocycles. The van der Waals surface area contributed by atoms with Gasteiger partial charge in [-0.3, -0.25) is 9.59 Å². The minimum absolute atomic E-state index is 0.0144. The molecule has 0 unspecified atom stereocenters. The van der Waals surface area contributed by atoms with E-state index in [0.717, 1.165) is 0 Å². The number of methoxy groups -OCH3 is 2. The fourth-order valence-corrected chi connectivity index (χ4v) is 5.45. The van der Waals surface area contributed by atoms with Gasteiger partial charge in [0.2, 0.25) is 17.9 Å². The Morgan fingerprint density at radius 3 is 2.45 bits per heavy atom. The summed E-state index contributed by atoms with van der Waals surface area (Å²) in [5.41, 5.74) is 1.46. The number of carbonyl (C=O) groups excluding carboxylic acids is 1. The highest BCUT2D eigenvalue weighted by atomic mass is 32.2. The highest BCUT2D eigenvalue weighted by Crippen LogP contribution is 2.50. The lowest BCUT2D eigenvalue weighted by molar-refractivity contribution is -0.271. The summed E-state index contributed by atoms with van der Waals surface area (Å²) in [6.45, 7) is -2.93. The Morgan fingerprint density at radius 1 is 1.10 bits per heavy atom. The lowest BCUT2D eigenvalue weighted by Crippen LogP contribution is -2.61. The first-order valence-electron chi connectivity index (χ1n) is 13.6. The summed E-state index contributed by atoms with van der Waals surface area (Å²) in [5.74, 6) is -2.75. The van der Waals surface area contributed by atoms with Gasteiger partial charge in [0.05, 0.1) is 25.2 Å². The van der Waals surface area contributed by atoms with Crippen LogP contribution in [0.25, 0.3) is 11.1 Å². The third-order valence-electron chi connectivity index (χ3n) is 6.86. The van der Waals surface area contributed by atoms with Gasteiger partial charge in [0.25, 0.3) is 0 Å². The molecule has 1 amide bonds. The second-order valence-electron chi connectivity index (χ2n) is 9.17. The summed E-state index contributed by atoms with van der Waals surface area (Å²) >= 11 is 1.21. The van der Waals surface area contributed by atoms with E-state index in [4.69, 9.17) is 23.1 Å². The monoisotopic (exact) mass is 580 g/mol. The molecule has 12 nitrogen and oxygen atoms in total. The number of nitrogens with one attached hydrogen (secondary N) is 1. The van der Waals surface area contributed by atoms with Crippen LogP contribution in [0.4, 0.5) is 0 Å². The van der Waals surface area contributed by atoms with Crippen LogP contribution in [0.2, 0.25) is 0 Å². The second kappa shape index (κ2) is 12.0. The van der Waals surface area contributed by atoms with E-state index in [0.29, 0.717) is 27.1 Å². The van der Waals surface area contributed by atoms with E-state index < -0.39 is 55.5 Å². The molecule has 1 heterocycles. The van der Waals surface area contributed by atoms with Crippen LogP contribution >= 0.6 is 11.8 Å². The van der Waals surface area contributed by atoms with E-state index in [1.165, 1.54) is 38.1 Å². The Hall–Kier alpha value is -3.36. The predicted molar refractivity (Wildman–Crippen MR) is 143 cm³/mol. The van der Waals surface area contributed by atoms with Crippen molar-refractivity contribution in [3.63, 3.8) is 0 Å². The molecule has 1 fully saturated rings. The minimum Gasteiger partial charge on any atom is -0.492 e. The van der Waals surface area contributed by atoms with Gasteiger partial charge in [-0.25, -0.2) is 4.79 Å². The van der Waals surface area contributed by atoms with Crippen LogP contribution in [0.1, 0.15) is 34.6 Å². The highest BCUT2D eigenvalue weighted by Gasteiger charge is 2.48. The topological polar surface area (TPSA) is 181 Å². The Balaban J connectivity index is 1.89. The summed E-state index contributed by atoms with van der Waals surface area (Å²) in [7, 11) is 2.65. The molecule has 216 valence electrons. The number of carbonyl (C=O) groups is 2. The molecule has 0 aromatic heterocycles. The Kier molecular flexibility index (Phi) is 7.69. The lowest BCUT2D eigenvalue weighted by Gasteiger charge is -2.38. The van der Waals surface area contributed by atoms with Crippen LogP contribution in [0.15, 0.2) is 34.0 Å². The molecule has 1 saturated heterocycles. The molecule has 2 aromatic carbocycles. The summed E-state index contributed by atoms with van der Waals surface area (Å²) in [6, 6.07) is 5.24. The standard InChI is InChI=1S/C27H31NO11S/c1-11(29)28-15-7-5-12-9-17(38-27-22(33)20(31)21(32)25(39-27)26(34)35)23(36-2)24(37-3)19(12)13-6-8-18(40-4)16(30)10-14(13)15/h6,8-10,15,20-22,25,27,31-33H,5,7H2,1-4H3,(H,28,29)(H,34,35)/t15-,20+,21+,22-,25+,27-/m1/s1/i1D3. The summed E-state index contributed by atoms with van der Waals surface area (Å²) in [5, 5.41) is 42.7. The number of rotatable bonds is 7. The molecule has 1 aliphatic heterocycles. The first-order chi connectivity index (χ1) is 20.2. The van der Waals surface area contributed by atoms with E-state index in [2.05, 4.69) is 5.32 Å². The molecule has 0 spiro atoms. The van der Waals surface area contributed by atoms with Gasteiger partial charge in [0, 0.05) is 16.5 Å². The first-order valence-corrected chi connectivity index (χ1v) is 13.4. The molecule has 0 radical (unpaired) electrons. The molecule has 4 rings (SSSR count). The molecule has 2 aliphatic rings.